The number of fused-ring (bicyclic) bond motifs is 3. The summed E-state index contributed by atoms with van der Waals surface area (Å²) in [5.41, 5.74) is 2.72. The molecule has 15 heavy (non-hydrogen) atoms. The third kappa shape index (κ3) is 1.18. The van der Waals surface area contributed by atoms with Crippen molar-refractivity contribution in [2.75, 3.05) is 6.61 Å². The Kier molecular flexibility index (Phi) is 1.81. The lowest BCUT2D eigenvalue weighted by Gasteiger charge is -2.25. The van der Waals surface area contributed by atoms with Gasteiger partial charge in [-0.25, -0.2) is 0 Å². The van der Waals surface area contributed by atoms with E-state index < -0.39 is 0 Å². The first-order valence-electron chi connectivity index (χ1n) is 5.29. The fourth-order valence-corrected chi connectivity index (χ4v) is 2.23. The van der Waals surface area contributed by atoms with Crippen molar-refractivity contribution in [3.8, 4) is 0 Å². The van der Waals surface area contributed by atoms with Crippen LogP contribution in [0.15, 0.2) is 12.2 Å². The number of hydrogen-bond acceptors (Lipinski definition) is 1. The number of rotatable bonds is 1. The maximum Gasteiger partial charge on any atom is 0.0784 e. The van der Waals surface area contributed by atoms with E-state index in [4.69, 9.17) is 4.74 Å². The predicted molar refractivity (Wildman–Crippen MR) is 60.1 cm³/mol. The number of H-pyrrole nitrogens is 1. The SMILES string of the molecule is C[CH-]C1=c2[nH]c3c(c2CCO1)[CH-]C=CC=3. The van der Waals surface area contributed by atoms with Crippen molar-refractivity contribution >= 4 is 11.8 Å². The van der Waals surface area contributed by atoms with Gasteiger partial charge in [-0.1, -0.05) is 5.35 Å². The minimum Gasteiger partial charge on any atom is -0.530 e. The zero-order valence-corrected chi connectivity index (χ0v) is 8.71. The molecule has 2 heteroatoms. The Bertz CT molecular complexity index is 534. The Morgan fingerprint density at radius 1 is 1.53 bits per heavy atom. The van der Waals surface area contributed by atoms with Gasteiger partial charge in [0.05, 0.1) is 6.61 Å². The highest BCUT2D eigenvalue weighted by Gasteiger charge is 2.04. The van der Waals surface area contributed by atoms with E-state index in [-0.39, 0.29) is 0 Å². The molecule has 0 saturated heterocycles. The third-order valence-corrected chi connectivity index (χ3v) is 2.93. The zero-order chi connectivity index (χ0) is 10.3. The van der Waals surface area contributed by atoms with Crippen molar-refractivity contribution in [3.05, 3.63) is 46.8 Å². The van der Waals surface area contributed by atoms with Crippen LogP contribution in [0.2, 0.25) is 0 Å². The summed E-state index contributed by atoms with van der Waals surface area (Å²) in [5.74, 6) is 0.979. The first-order chi connectivity index (χ1) is 7.40. The molecule has 3 rings (SSSR count). The standard InChI is InChI=1S/C13H13NO/c1-2-12-13-10(7-8-15-12)9-5-3-4-6-11(9)14-13/h2-6,14H,7-8H2,1H3/q-2. The summed E-state index contributed by atoms with van der Waals surface area (Å²) in [6.45, 7) is 2.80. The zero-order valence-electron chi connectivity index (χ0n) is 8.71. The largest absolute Gasteiger partial charge is 0.530 e. The van der Waals surface area contributed by atoms with Crippen molar-refractivity contribution in [3.63, 3.8) is 0 Å². The maximum atomic E-state index is 5.61. The van der Waals surface area contributed by atoms with E-state index >= 15 is 0 Å². The molecule has 1 aliphatic heterocycles. The molecule has 0 radical (unpaired) electrons. The van der Waals surface area contributed by atoms with Crippen LogP contribution in [0.1, 0.15) is 18.1 Å². The van der Waals surface area contributed by atoms with E-state index in [0.29, 0.717) is 0 Å². The molecule has 0 spiro atoms. The fraction of sp³-hybridized carbons (Fsp3) is 0.231. The highest BCUT2D eigenvalue weighted by Crippen LogP contribution is 2.14. The highest BCUT2D eigenvalue weighted by molar-refractivity contribution is 5.55. The van der Waals surface area contributed by atoms with Crippen LogP contribution in [-0.4, -0.2) is 11.6 Å². The van der Waals surface area contributed by atoms with Crippen molar-refractivity contribution < 1.29 is 4.74 Å². The first kappa shape index (κ1) is 8.60. The molecule has 0 saturated carbocycles. The summed E-state index contributed by atoms with van der Waals surface area (Å²) in [6.07, 6.45) is 11.4. The van der Waals surface area contributed by atoms with Crippen molar-refractivity contribution in [1.82, 2.24) is 4.98 Å². The Labute approximate surface area is 89.0 Å². The summed E-state index contributed by atoms with van der Waals surface area (Å²) in [4.78, 5) is 3.42. The predicted octanol–water partition coefficient (Wildman–Crippen LogP) is 0.822. The molecular weight excluding hydrogens is 186 g/mol. The summed E-state index contributed by atoms with van der Waals surface area (Å²) >= 11 is 0. The molecule has 1 aromatic heterocycles. The molecule has 0 aromatic carbocycles. The van der Waals surface area contributed by atoms with Crippen LogP contribution >= 0.6 is 0 Å². The number of aromatic nitrogens is 1. The van der Waals surface area contributed by atoms with E-state index in [1.54, 1.807) is 0 Å². The van der Waals surface area contributed by atoms with Crippen molar-refractivity contribution in [1.29, 1.82) is 0 Å². The Hall–Kier alpha value is -1.70. The average molecular weight is 199 g/mol. The first-order valence-corrected chi connectivity index (χ1v) is 5.29. The van der Waals surface area contributed by atoms with E-state index in [1.165, 1.54) is 16.5 Å². The van der Waals surface area contributed by atoms with Crippen LogP contribution in [0.25, 0.3) is 11.8 Å². The summed E-state index contributed by atoms with van der Waals surface area (Å²) in [5, 5.41) is 2.36. The molecule has 1 N–H and O–H groups in total. The smallest absolute Gasteiger partial charge is 0.0784 e. The van der Waals surface area contributed by atoms with Gasteiger partial charge in [-0.2, -0.15) is 12.0 Å². The lowest BCUT2D eigenvalue weighted by atomic mass is 10.0. The van der Waals surface area contributed by atoms with Crippen LogP contribution in [-0.2, 0) is 11.2 Å². The normalized spacial score (nSPS) is 17.0. The van der Waals surface area contributed by atoms with Gasteiger partial charge in [-0.3, -0.25) is 0 Å². The van der Waals surface area contributed by atoms with Gasteiger partial charge in [0.2, 0.25) is 0 Å². The van der Waals surface area contributed by atoms with Crippen LogP contribution < -0.4 is 10.7 Å². The Morgan fingerprint density at radius 2 is 2.47 bits per heavy atom. The number of aromatic amines is 1. The Morgan fingerprint density at radius 3 is 3.33 bits per heavy atom. The molecule has 0 fully saturated rings. The van der Waals surface area contributed by atoms with E-state index in [0.717, 1.165) is 24.1 Å². The molecule has 1 aromatic rings. The van der Waals surface area contributed by atoms with Gasteiger partial charge >= 0.3 is 0 Å². The van der Waals surface area contributed by atoms with Gasteiger partial charge in [-0.05, 0) is 12.2 Å². The molecule has 0 unspecified atom stereocenters. The molecule has 0 bridgehead atoms. The van der Waals surface area contributed by atoms with Crippen LogP contribution in [0.5, 0.6) is 0 Å². The molecule has 2 aliphatic rings. The van der Waals surface area contributed by atoms with Crippen LogP contribution in [0, 0.1) is 12.8 Å². The maximum absolute atomic E-state index is 5.61. The van der Waals surface area contributed by atoms with Crippen LogP contribution in [0.3, 0.4) is 0 Å². The third-order valence-electron chi connectivity index (χ3n) is 2.93. The minimum atomic E-state index is 0.786. The summed E-state index contributed by atoms with van der Waals surface area (Å²) in [7, 11) is 0. The van der Waals surface area contributed by atoms with Gasteiger partial charge in [-0.15, -0.1) is 42.5 Å². The van der Waals surface area contributed by atoms with Gasteiger partial charge in [0, 0.05) is 0 Å². The highest BCUT2D eigenvalue weighted by atomic mass is 16.5. The lowest BCUT2D eigenvalue weighted by molar-refractivity contribution is 0.267. The number of ether oxygens (including phenoxy) is 1. The quantitative estimate of drug-likeness (QED) is 0.666. The van der Waals surface area contributed by atoms with E-state index in [2.05, 4.69) is 29.6 Å². The second-order valence-electron chi connectivity index (χ2n) is 3.78. The second kappa shape index (κ2) is 3.16. The number of allylic oxidation sites excluding steroid dienone is 2. The van der Waals surface area contributed by atoms with Gasteiger partial charge < -0.3 is 9.72 Å². The van der Waals surface area contributed by atoms with Crippen molar-refractivity contribution in [2.24, 2.45) is 0 Å². The van der Waals surface area contributed by atoms with Gasteiger partial charge in [0.15, 0.2) is 0 Å². The van der Waals surface area contributed by atoms with E-state index in [9.17, 15) is 0 Å². The molecule has 0 atom stereocenters. The Balaban J connectivity index is 2.34. The monoisotopic (exact) mass is 199 g/mol. The molecular formula is C13H13NO-2. The number of nitrogens with one attached hydrogen (secondary N) is 1. The average Bonchev–Trinajstić information content (AvgIpc) is 2.67. The van der Waals surface area contributed by atoms with Gasteiger partial charge in [0.25, 0.3) is 0 Å². The molecule has 78 valence electrons. The van der Waals surface area contributed by atoms with Crippen molar-refractivity contribution in [2.45, 2.75) is 13.3 Å². The second-order valence-corrected chi connectivity index (χ2v) is 3.78. The lowest BCUT2D eigenvalue weighted by Crippen LogP contribution is -2.22. The molecule has 2 heterocycles. The number of hydrogen-bond donors (Lipinski definition) is 1. The fourth-order valence-electron chi connectivity index (χ4n) is 2.23. The molecule has 1 aliphatic carbocycles. The van der Waals surface area contributed by atoms with E-state index in [1.807, 2.05) is 13.3 Å². The topological polar surface area (TPSA) is 25.0 Å². The summed E-state index contributed by atoms with van der Waals surface area (Å²) in [6, 6.07) is 0. The van der Waals surface area contributed by atoms with Gasteiger partial charge in [0.1, 0.15) is 0 Å². The van der Waals surface area contributed by atoms with Crippen LogP contribution in [0.4, 0.5) is 0 Å². The molecule has 2 nitrogen and oxygen atoms in total. The summed E-state index contributed by atoms with van der Waals surface area (Å²) < 4.78 is 5.61. The minimum absolute atomic E-state index is 0.786. The molecule has 0 amide bonds.